The minimum absolute atomic E-state index is 0.121. The van der Waals surface area contributed by atoms with Crippen LogP contribution >= 0.6 is 0 Å². The molecule has 2 atom stereocenters. The van der Waals surface area contributed by atoms with Crippen LogP contribution in [-0.2, 0) is 25.7 Å². The van der Waals surface area contributed by atoms with Gasteiger partial charge in [-0.05, 0) is 12.1 Å². The molecule has 0 bridgehead atoms. The Morgan fingerprint density at radius 1 is 1.19 bits per heavy atom. The van der Waals surface area contributed by atoms with E-state index in [1.807, 2.05) is 24.3 Å². The number of carbonyl (C=O) groups is 5. The normalized spacial score (nSPS) is 16.8. The summed E-state index contributed by atoms with van der Waals surface area (Å²) in [6, 6.07) is 5.51. The van der Waals surface area contributed by atoms with Crippen LogP contribution in [0.3, 0.4) is 0 Å². The third kappa shape index (κ3) is 5.35. The predicted molar refractivity (Wildman–Crippen MR) is 106 cm³/mol. The highest BCUT2D eigenvalue weighted by atomic mass is 16.4. The summed E-state index contributed by atoms with van der Waals surface area (Å²) in [5.74, 6) is -3.19. The van der Waals surface area contributed by atoms with Gasteiger partial charge in [0.05, 0.1) is 29.9 Å². The molecule has 3 rings (SSSR count). The number of amides is 5. The third-order valence-corrected chi connectivity index (χ3v) is 4.72. The van der Waals surface area contributed by atoms with Gasteiger partial charge in [0.25, 0.3) is 5.91 Å². The molecule has 12 nitrogen and oxygen atoms in total. The molecule has 1 aliphatic rings. The summed E-state index contributed by atoms with van der Waals surface area (Å²) in [5.41, 5.74) is 1.59. The average molecular weight is 430 g/mol. The topological polar surface area (TPSA) is 174 Å². The van der Waals surface area contributed by atoms with Gasteiger partial charge >= 0.3 is 12.0 Å². The zero-order valence-electron chi connectivity index (χ0n) is 16.7. The highest BCUT2D eigenvalue weighted by Gasteiger charge is 2.40. The number of urea groups is 1. The third-order valence-electron chi connectivity index (χ3n) is 4.72. The Kier molecular flexibility index (Phi) is 6.48. The number of para-hydroxylation sites is 2. The first-order valence-electron chi connectivity index (χ1n) is 9.56. The molecular formula is C19H22N6O6. The van der Waals surface area contributed by atoms with Gasteiger partial charge in [0.2, 0.25) is 11.8 Å². The number of imide groups is 1. The van der Waals surface area contributed by atoms with E-state index in [1.165, 1.54) is 6.92 Å². The minimum Gasteiger partial charge on any atom is -0.481 e. The first kappa shape index (κ1) is 21.7. The summed E-state index contributed by atoms with van der Waals surface area (Å²) in [6.45, 7) is 0.839. The van der Waals surface area contributed by atoms with Crippen molar-refractivity contribution >= 4 is 40.8 Å². The number of carboxylic acid groups (broad SMARTS) is 1. The molecule has 1 aliphatic heterocycles. The van der Waals surface area contributed by atoms with Crippen LogP contribution in [0.4, 0.5) is 4.79 Å². The van der Waals surface area contributed by atoms with Gasteiger partial charge in [-0.25, -0.2) is 9.78 Å². The number of carboxylic acids is 1. The number of hydrogen-bond acceptors (Lipinski definition) is 6. The fourth-order valence-electron chi connectivity index (χ4n) is 2.95. The molecule has 5 amide bonds. The number of imidazole rings is 1. The van der Waals surface area contributed by atoms with E-state index < -0.39 is 48.2 Å². The number of aliphatic carboxylic acids is 1. The van der Waals surface area contributed by atoms with Crippen molar-refractivity contribution in [3.05, 3.63) is 30.1 Å². The van der Waals surface area contributed by atoms with Crippen LogP contribution in [0.2, 0.25) is 0 Å². The van der Waals surface area contributed by atoms with Gasteiger partial charge in [0.1, 0.15) is 18.4 Å². The fourth-order valence-corrected chi connectivity index (χ4v) is 2.95. The predicted octanol–water partition coefficient (Wildman–Crippen LogP) is -0.673. The van der Waals surface area contributed by atoms with E-state index in [4.69, 9.17) is 5.11 Å². The number of carbonyl (C=O) groups excluding carboxylic acids is 4. The molecule has 0 spiro atoms. The Labute approximate surface area is 176 Å². The highest BCUT2D eigenvalue weighted by molar-refractivity contribution is 6.07. The number of nitrogens with zero attached hydrogens (tertiary/aromatic N) is 2. The molecule has 2 heterocycles. The van der Waals surface area contributed by atoms with Crippen molar-refractivity contribution in [2.45, 2.75) is 25.9 Å². The second kappa shape index (κ2) is 9.24. The lowest BCUT2D eigenvalue weighted by Gasteiger charge is -2.14. The van der Waals surface area contributed by atoms with Crippen molar-refractivity contribution in [2.24, 2.45) is 5.92 Å². The fraction of sp³-hybridized carbons (Fsp3) is 0.368. The number of aromatic nitrogens is 2. The van der Waals surface area contributed by atoms with Crippen LogP contribution in [0, 0.1) is 5.92 Å². The van der Waals surface area contributed by atoms with Crippen LogP contribution in [0.15, 0.2) is 24.3 Å². The van der Waals surface area contributed by atoms with Gasteiger partial charge < -0.3 is 26.0 Å². The largest absolute Gasteiger partial charge is 0.481 e. The molecule has 164 valence electrons. The maximum absolute atomic E-state index is 12.4. The van der Waals surface area contributed by atoms with Crippen LogP contribution < -0.4 is 16.0 Å². The Morgan fingerprint density at radius 3 is 2.65 bits per heavy atom. The van der Waals surface area contributed by atoms with E-state index in [2.05, 4.69) is 25.9 Å². The quantitative estimate of drug-likeness (QED) is 0.328. The molecular weight excluding hydrogens is 408 g/mol. The number of rotatable bonds is 9. The number of nitrogens with one attached hydrogen (secondary N) is 4. The number of aromatic amines is 1. The van der Waals surface area contributed by atoms with Crippen LogP contribution in [-0.4, -0.2) is 68.8 Å². The maximum Gasteiger partial charge on any atom is 0.325 e. The van der Waals surface area contributed by atoms with Gasteiger partial charge in [0.15, 0.2) is 0 Å². The highest BCUT2D eigenvalue weighted by Crippen LogP contribution is 2.11. The van der Waals surface area contributed by atoms with Crippen molar-refractivity contribution in [1.82, 2.24) is 30.8 Å². The molecule has 1 aromatic carbocycles. The van der Waals surface area contributed by atoms with Crippen LogP contribution in [0.5, 0.6) is 0 Å². The lowest BCUT2D eigenvalue weighted by Crippen LogP contribution is -2.43. The van der Waals surface area contributed by atoms with Crippen LogP contribution in [0.1, 0.15) is 19.2 Å². The molecule has 12 heteroatoms. The lowest BCUT2D eigenvalue weighted by molar-refractivity contribution is -0.141. The molecule has 0 radical (unpaired) electrons. The van der Waals surface area contributed by atoms with E-state index >= 15 is 0 Å². The Bertz CT molecular complexity index is 1000. The molecule has 2 unspecified atom stereocenters. The summed E-state index contributed by atoms with van der Waals surface area (Å²) in [6.07, 6.45) is -0.293. The number of H-pyrrole nitrogens is 1. The van der Waals surface area contributed by atoms with Crippen molar-refractivity contribution in [2.75, 3.05) is 13.1 Å². The Morgan fingerprint density at radius 2 is 1.94 bits per heavy atom. The van der Waals surface area contributed by atoms with E-state index in [9.17, 15) is 24.0 Å². The summed E-state index contributed by atoms with van der Waals surface area (Å²) in [7, 11) is 0. The van der Waals surface area contributed by atoms with Gasteiger partial charge in [-0.3, -0.25) is 24.1 Å². The smallest absolute Gasteiger partial charge is 0.325 e. The number of hydrogen-bond donors (Lipinski definition) is 5. The Balaban J connectivity index is 1.47. The monoisotopic (exact) mass is 430 g/mol. The molecule has 31 heavy (non-hydrogen) atoms. The standard InChI is InChI=1S/C19H22N6O6/c1-10(18(29)30)7-20-16(27)9-25-17(28)13(24-19(25)31)6-15(26)21-8-14-22-11-4-2-3-5-12(11)23-14/h2-5,10,13H,6-9H2,1H3,(H,20,27)(H,21,26)(H,22,23)(H,24,31)(H,29,30). The van der Waals surface area contributed by atoms with Crippen molar-refractivity contribution in [3.8, 4) is 0 Å². The average Bonchev–Trinajstić information content (AvgIpc) is 3.26. The van der Waals surface area contributed by atoms with Crippen molar-refractivity contribution < 1.29 is 29.1 Å². The zero-order valence-corrected chi connectivity index (χ0v) is 16.7. The summed E-state index contributed by atoms with van der Waals surface area (Å²) >= 11 is 0. The van der Waals surface area contributed by atoms with E-state index in [0.29, 0.717) is 10.7 Å². The first-order valence-corrected chi connectivity index (χ1v) is 9.56. The molecule has 0 aliphatic carbocycles. The van der Waals surface area contributed by atoms with E-state index in [1.54, 1.807) is 0 Å². The molecule has 0 saturated carbocycles. The molecule has 2 aromatic rings. The first-order chi connectivity index (χ1) is 14.7. The van der Waals surface area contributed by atoms with E-state index in [-0.39, 0.29) is 19.5 Å². The van der Waals surface area contributed by atoms with Gasteiger partial charge in [-0.2, -0.15) is 0 Å². The molecule has 1 aromatic heterocycles. The molecule has 5 N–H and O–H groups in total. The van der Waals surface area contributed by atoms with Crippen molar-refractivity contribution in [3.63, 3.8) is 0 Å². The zero-order chi connectivity index (χ0) is 22.5. The maximum atomic E-state index is 12.4. The van der Waals surface area contributed by atoms with Gasteiger partial charge in [-0.15, -0.1) is 0 Å². The SMILES string of the molecule is CC(CNC(=O)CN1C(=O)NC(CC(=O)NCc2nc3ccccc3[nH]2)C1=O)C(=O)O. The number of benzene rings is 1. The lowest BCUT2D eigenvalue weighted by atomic mass is 10.2. The molecule has 1 saturated heterocycles. The molecule has 1 fully saturated rings. The summed E-state index contributed by atoms with van der Waals surface area (Å²) in [5, 5.41) is 16.2. The summed E-state index contributed by atoms with van der Waals surface area (Å²) in [4.78, 5) is 67.4. The second-order valence-corrected chi connectivity index (χ2v) is 7.15. The summed E-state index contributed by atoms with van der Waals surface area (Å²) < 4.78 is 0. The second-order valence-electron chi connectivity index (χ2n) is 7.15. The van der Waals surface area contributed by atoms with E-state index in [0.717, 1.165) is 11.0 Å². The van der Waals surface area contributed by atoms with Gasteiger partial charge in [0, 0.05) is 6.54 Å². The minimum atomic E-state index is -1.09. The van der Waals surface area contributed by atoms with Gasteiger partial charge in [-0.1, -0.05) is 19.1 Å². The van der Waals surface area contributed by atoms with Crippen molar-refractivity contribution in [1.29, 1.82) is 0 Å². The number of fused-ring (bicyclic) bond motifs is 1. The van der Waals surface area contributed by atoms with Crippen LogP contribution in [0.25, 0.3) is 11.0 Å². The Hall–Kier alpha value is -3.96.